The van der Waals surface area contributed by atoms with Crippen LogP contribution < -0.4 is 10.6 Å². The van der Waals surface area contributed by atoms with Gasteiger partial charge in [-0.25, -0.2) is 0 Å². The highest BCUT2D eigenvalue weighted by Crippen LogP contribution is 2.26. The Hall–Kier alpha value is -0.940. The molecule has 1 aromatic carbocycles. The number of hydrogen-bond donors (Lipinski definition) is 1. The molecule has 1 rings (SSSR count). The normalized spacial score (nSPS) is 11.7. The molecule has 0 aliphatic carbocycles. The molecule has 0 aromatic heterocycles. The Morgan fingerprint density at radius 2 is 2.00 bits per heavy atom. The van der Waals surface area contributed by atoms with Gasteiger partial charge in [-0.2, -0.15) is 13.2 Å². The fourth-order valence-electron chi connectivity index (χ4n) is 1.67. The maximum absolute atomic E-state index is 12.2. The highest BCUT2D eigenvalue weighted by molar-refractivity contribution is 6.30. The zero-order chi connectivity index (χ0) is 13.8. The van der Waals surface area contributed by atoms with Crippen LogP contribution >= 0.6 is 11.6 Å². The molecule has 0 saturated carbocycles. The van der Waals surface area contributed by atoms with E-state index in [0.717, 1.165) is 5.56 Å². The number of halogens is 4. The van der Waals surface area contributed by atoms with Crippen LogP contribution in [0.4, 0.5) is 18.9 Å². The van der Waals surface area contributed by atoms with Crippen molar-refractivity contribution < 1.29 is 13.2 Å². The molecule has 0 bridgehead atoms. The summed E-state index contributed by atoms with van der Waals surface area (Å²) in [5, 5.41) is 0.504. The number of hydrogen-bond acceptors (Lipinski definition) is 2. The number of nitrogens with zero attached hydrogens (tertiary/aromatic N) is 1. The highest BCUT2D eigenvalue weighted by Gasteiger charge is 2.27. The first-order chi connectivity index (χ1) is 8.33. The summed E-state index contributed by atoms with van der Waals surface area (Å²) in [6.45, 7) is 0.350. The topological polar surface area (TPSA) is 29.3 Å². The average molecular weight is 281 g/mol. The number of benzene rings is 1. The molecule has 2 N–H and O–H groups in total. The maximum Gasteiger partial charge on any atom is 0.390 e. The molecule has 0 spiro atoms. The SMILES string of the molecule is CN(CCC(F)(F)F)c1cc(Cl)ccc1CCN. The molecule has 0 aliphatic rings. The molecule has 2 nitrogen and oxygen atoms in total. The fourth-order valence-corrected chi connectivity index (χ4v) is 1.84. The van der Waals surface area contributed by atoms with Gasteiger partial charge >= 0.3 is 6.18 Å². The van der Waals surface area contributed by atoms with Crippen LogP contribution in [0.1, 0.15) is 12.0 Å². The van der Waals surface area contributed by atoms with Crippen LogP contribution in [-0.4, -0.2) is 26.3 Å². The van der Waals surface area contributed by atoms with E-state index in [-0.39, 0.29) is 6.54 Å². The van der Waals surface area contributed by atoms with Gasteiger partial charge in [-0.3, -0.25) is 0 Å². The number of nitrogens with two attached hydrogens (primary N) is 1. The smallest absolute Gasteiger partial charge is 0.374 e. The van der Waals surface area contributed by atoms with Crippen LogP contribution in [0.15, 0.2) is 18.2 Å². The molecule has 0 radical (unpaired) electrons. The van der Waals surface area contributed by atoms with E-state index in [2.05, 4.69) is 0 Å². The van der Waals surface area contributed by atoms with Gasteiger partial charge in [-0.05, 0) is 30.7 Å². The Morgan fingerprint density at radius 3 is 2.56 bits per heavy atom. The van der Waals surface area contributed by atoms with Crippen molar-refractivity contribution in [3.05, 3.63) is 28.8 Å². The Labute approximate surface area is 110 Å². The second kappa shape index (κ2) is 6.29. The van der Waals surface area contributed by atoms with Gasteiger partial charge in [-0.1, -0.05) is 17.7 Å². The van der Waals surface area contributed by atoms with Crippen LogP contribution in [0.3, 0.4) is 0 Å². The highest BCUT2D eigenvalue weighted by atomic mass is 35.5. The monoisotopic (exact) mass is 280 g/mol. The summed E-state index contributed by atoms with van der Waals surface area (Å²) in [6, 6.07) is 5.19. The molecule has 0 aliphatic heterocycles. The van der Waals surface area contributed by atoms with Gasteiger partial charge in [-0.15, -0.1) is 0 Å². The van der Waals surface area contributed by atoms with E-state index >= 15 is 0 Å². The third-order valence-electron chi connectivity index (χ3n) is 2.60. The summed E-state index contributed by atoms with van der Waals surface area (Å²) in [5.74, 6) is 0. The Bertz CT molecular complexity index is 393. The van der Waals surface area contributed by atoms with Crippen molar-refractivity contribution in [2.24, 2.45) is 5.73 Å². The van der Waals surface area contributed by atoms with Crippen molar-refractivity contribution in [3.63, 3.8) is 0 Å². The summed E-state index contributed by atoms with van der Waals surface area (Å²) in [6.07, 6.45) is -4.39. The van der Waals surface area contributed by atoms with Gasteiger partial charge in [0.25, 0.3) is 0 Å². The second-order valence-electron chi connectivity index (χ2n) is 4.10. The van der Waals surface area contributed by atoms with Crippen LogP contribution in [0, 0.1) is 0 Å². The summed E-state index contributed by atoms with van der Waals surface area (Å²) < 4.78 is 36.6. The van der Waals surface area contributed by atoms with Crippen molar-refractivity contribution in [2.45, 2.75) is 19.0 Å². The van der Waals surface area contributed by atoms with Crippen LogP contribution in [0.5, 0.6) is 0 Å². The molecule has 102 valence electrons. The number of anilines is 1. The third kappa shape index (κ3) is 4.74. The molecule has 18 heavy (non-hydrogen) atoms. The van der Waals surface area contributed by atoms with Crippen LogP contribution in [-0.2, 0) is 6.42 Å². The van der Waals surface area contributed by atoms with E-state index in [1.54, 1.807) is 30.1 Å². The van der Waals surface area contributed by atoms with E-state index in [1.807, 2.05) is 0 Å². The van der Waals surface area contributed by atoms with Gasteiger partial charge in [0.1, 0.15) is 0 Å². The zero-order valence-corrected chi connectivity index (χ0v) is 10.9. The van der Waals surface area contributed by atoms with Crippen molar-refractivity contribution in [3.8, 4) is 0 Å². The van der Waals surface area contributed by atoms with E-state index in [1.165, 1.54) is 0 Å². The number of alkyl halides is 3. The third-order valence-corrected chi connectivity index (χ3v) is 2.84. The summed E-state index contributed by atoms with van der Waals surface area (Å²) >= 11 is 5.87. The summed E-state index contributed by atoms with van der Waals surface area (Å²) in [7, 11) is 1.62. The first-order valence-corrected chi connectivity index (χ1v) is 5.97. The van der Waals surface area contributed by atoms with Crippen molar-refractivity contribution in [1.29, 1.82) is 0 Å². The Kier molecular flexibility index (Phi) is 5.28. The van der Waals surface area contributed by atoms with Gasteiger partial charge in [0.2, 0.25) is 0 Å². The lowest BCUT2D eigenvalue weighted by atomic mass is 10.1. The minimum atomic E-state index is -4.15. The molecule has 0 atom stereocenters. The predicted molar refractivity (Wildman–Crippen MR) is 68.2 cm³/mol. The predicted octanol–water partition coefficient (Wildman–Crippen LogP) is 3.23. The summed E-state index contributed by atoms with van der Waals surface area (Å²) in [5.41, 5.74) is 7.09. The minimum absolute atomic E-state index is 0.0958. The first-order valence-electron chi connectivity index (χ1n) is 5.60. The van der Waals surface area contributed by atoms with Crippen molar-refractivity contribution >= 4 is 17.3 Å². The molecule has 0 heterocycles. The Morgan fingerprint density at radius 1 is 1.33 bits per heavy atom. The van der Waals surface area contributed by atoms with E-state index in [9.17, 15) is 13.2 Å². The molecule has 0 saturated heterocycles. The second-order valence-corrected chi connectivity index (χ2v) is 4.53. The van der Waals surface area contributed by atoms with Gasteiger partial charge in [0.15, 0.2) is 0 Å². The molecule has 0 amide bonds. The lowest BCUT2D eigenvalue weighted by Crippen LogP contribution is -2.25. The van der Waals surface area contributed by atoms with Gasteiger partial charge in [0, 0.05) is 24.3 Å². The molecular weight excluding hydrogens is 265 g/mol. The van der Waals surface area contributed by atoms with Crippen molar-refractivity contribution in [2.75, 3.05) is 25.0 Å². The standard InChI is InChI=1S/C12H16ClF3N2/c1-18(7-5-12(14,15)16)11-8-10(13)3-2-9(11)4-6-17/h2-3,8H,4-7,17H2,1H3. The largest absolute Gasteiger partial charge is 0.390 e. The lowest BCUT2D eigenvalue weighted by Gasteiger charge is -2.23. The van der Waals surface area contributed by atoms with Crippen molar-refractivity contribution in [1.82, 2.24) is 0 Å². The molecule has 6 heteroatoms. The van der Waals surface area contributed by atoms with Gasteiger partial charge in [0.05, 0.1) is 6.42 Å². The lowest BCUT2D eigenvalue weighted by molar-refractivity contribution is -0.132. The van der Waals surface area contributed by atoms with E-state index in [4.69, 9.17) is 17.3 Å². The maximum atomic E-state index is 12.2. The summed E-state index contributed by atoms with van der Waals surface area (Å²) in [4.78, 5) is 1.56. The minimum Gasteiger partial charge on any atom is -0.374 e. The molecule has 0 unspecified atom stereocenters. The van der Waals surface area contributed by atoms with E-state index < -0.39 is 12.6 Å². The van der Waals surface area contributed by atoms with Crippen LogP contribution in [0.25, 0.3) is 0 Å². The quantitative estimate of drug-likeness (QED) is 0.897. The first kappa shape index (κ1) is 15.1. The van der Waals surface area contributed by atoms with E-state index in [0.29, 0.717) is 23.7 Å². The molecule has 1 aromatic rings. The zero-order valence-electron chi connectivity index (χ0n) is 10.1. The van der Waals surface area contributed by atoms with Gasteiger partial charge < -0.3 is 10.6 Å². The molecule has 0 fully saturated rings. The number of rotatable bonds is 5. The average Bonchev–Trinajstić information content (AvgIpc) is 2.27. The molecular formula is C12H16ClF3N2. The van der Waals surface area contributed by atoms with Crippen LogP contribution in [0.2, 0.25) is 5.02 Å². The Balaban J connectivity index is 2.82. The fraction of sp³-hybridized carbons (Fsp3) is 0.500.